The predicted octanol–water partition coefficient (Wildman–Crippen LogP) is 2.47. The maximum absolute atomic E-state index is 13.3. The number of carbonyl (C=O) groups excluding carboxylic acids is 1. The minimum atomic E-state index is -0.548. The number of amides is 1. The SMILES string of the molecule is NC(=O)CC#Cc1c(F)cc(Cl)cc1Br. The highest BCUT2D eigenvalue weighted by Crippen LogP contribution is 2.23. The molecule has 0 saturated carbocycles. The second kappa shape index (κ2) is 5.15. The van der Waals surface area contributed by atoms with Gasteiger partial charge in [-0.1, -0.05) is 23.4 Å². The minimum Gasteiger partial charge on any atom is -0.369 e. The highest BCUT2D eigenvalue weighted by molar-refractivity contribution is 9.10. The van der Waals surface area contributed by atoms with Crippen molar-refractivity contribution in [1.29, 1.82) is 0 Å². The van der Waals surface area contributed by atoms with Crippen LogP contribution in [0.2, 0.25) is 5.02 Å². The first kappa shape index (κ1) is 12.0. The van der Waals surface area contributed by atoms with Gasteiger partial charge in [0.15, 0.2) is 0 Å². The third-order valence-corrected chi connectivity index (χ3v) is 2.33. The van der Waals surface area contributed by atoms with Crippen LogP contribution >= 0.6 is 27.5 Å². The van der Waals surface area contributed by atoms with Crippen molar-refractivity contribution in [3.8, 4) is 11.8 Å². The largest absolute Gasteiger partial charge is 0.369 e. The van der Waals surface area contributed by atoms with E-state index in [0.29, 0.717) is 4.47 Å². The molecule has 0 bridgehead atoms. The second-order valence-corrected chi connectivity index (χ2v) is 3.98. The fourth-order valence-corrected chi connectivity index (χ4v) is 1.75. The molecule has 0 saturated heterocycles. The molecule has 5 heteroatoms. The van der Waals surface area contributed by atoms with Crippen LogP contribution in [-0.2, 0) is 4.79 Å². The van der Waals surface area contributed by atoms with E-state index in [9.17, 15) is 9.18 Å². The van der Waals surface area contributed by atoms with E-state index in [1.165, 1.54) is 6.07 Å². The van der Waals surface area contributed by atoms with E-state index in [1.807, 2.05) is 0 Å². The Labute approximate surface area is 99.7 Å². The topological polar surface area (TPSA) is 43.1 Å². The van der Waals surface area contributed by atoms with E-state index in [-0.39, 0.29) is 17.0 Å². The lowest BCUT2D eigenvalue weighted by atomic mass is 10.2. The van der Waals surface area contributed by atoms with Crippen LogP contribution in [-0.4, -0.2) is 5.91 Å². The molecule has 0 heterocycles. The molecule has 0 aliphatic rings. The molecular formula is C10H6BrClFNO. The lowest BCUT2D eigenvalue weighted by molar-refractivity contribution is -0.117. The van der Waals surface area contributed by atoms with Crippen LogP contribution in [0.3, 0.4) is 0 Å². The number of primary amides is 1. The maximum Gasteiger partial charge on any atom is 0.229 e. The summed E-state index contributed by atoms with van der Waals surface area (Å²) >= 11 is 8.74. The summed E-state index contributed by atoms with van der Waals surface area (Å²) in [6.07, 6.45) is -0.103. The molecule has 0 aromatic heterocycles. The van der Waals surface area contributed by atoms with Gasteiger partial charge in [-0.25, -0.2) is 4.39 Å². The number of carbonyl (C=O) groups is 1. The fraction of sp³-hybridized carbons (Fsp3) is 0.100. The van der Waals surface area contributed by atoms with E-state index in [1.54, 1.807) is 0 Å². The smallest absolute Gasteiger partial charge is 0.229 e. The average Bonchev–Trinajstić information content (AvgIpc) is 2.08. The first-order chi connectivity index (χ1) is 7.00. The van der Waals surface area contributed by atoms with Crippen LogP contribution in [0.5, 0.6) is 0 Å². The van der Waals surface area contributed by atoms with Gasteiger partial charge in [0.1, 0.15) is 5.82 Å². The van der Waals surface area contributed by atoms with Gasteiger partial charge in [-0.3, -0.25) is 4.79 Å². The van der Waals surface area contributed by atoms with E-state index < -0.39 is 11.7 Å². The summed E-state index contributed by atoms with van der Waals surface area (Å²) in [7, 11) is 0. The lowest BCUT2D eigenvalue weighted by Crippen LogP contribution is -2.08. The lowest BCUT2D eigenvalue weighted by Gasteiger charge is -1.99. The fourth-order valence-electron chi connectivity index (χ4n) is 0.881. The Morgan fingerprint density at radius 1 is 1.60 bits per heavy atom. The summed E-state index contributed by atoms with van der Waals surface area (Å²) in [5.74, 6) is 3.89. The molecule has 0 aliphatic carbocycles. The quantitative estimate of drug-likeness (QED) is 0.793. The molecule has 0 aliphatic heterocycles. The molecule has 0 atom stereocenters. The van der Waals surface area contributed by atoms with Crippen molar-refractivity contribution in [3.05, 3.63) is 33.0 Å². The van der Waals surface area contributed by atoms with Crippen molar-refractivity contribution in [2.45, 2.75) is 6.42 Å². The molecule has 0 unspecified atom stereocenters. The summed E-state index contributed by atoms with van der Waals surface area (Å²) in [6.45, 7) is 0. The summed E-state index contributed by atoms with van der Waals surface area (Å²) in [6, 6.07) is 2.68. The van der Waals surface area contributed by atoms with Gasteiger partial charge >= 0.3 is 0 Å². The van der Waals surface area contributed by atoms with E-state index in [2.05, 4.69) is 27.8 Å². The van der Waals surface area contributed by atoms with E-state index in [4.69, 9.17) is 17.3 Å². The Bertz CT molecular complexity index is 441. The summed E-state index contributed by atoms with van der Waals surface area (Å²) in [4.78, 5) is 10.4. The zero-order valence-corrected chi connectivity index (χ0v) is 9.82. The number of halogens is 3. The van der Waals surface area contributed by atoms with Gasteiger partial charge < -0.3 is 5.73 Å². The van der Waals surface area contributed by atoms with Crippen LogP contribution < -0.4 is 5.73 Å². The van der Waals surface area contributed by atoms with Crippen LogP contribution in [0.4, 0.5) is 4.39 Å². The number of benzene rings is 1. The Balaban J connectivity index is 3.03. The van der Waals surface area contributed by atoms with Gasteiger partial charge in [0.05, 0.1) is 12.0 Å². The summed E-state index contributed by atoms with van der Waals surface area (Å²) in [5.41, 5.74) is 5.06. The molecule has 2 N–H and O–H groups in total. The average molecular weight is 291 g/mol. The van der Waals surface area contributed by atoms with Crippen molar-refractivity contribution in [1.82, 2.24) is 0 Å². The van der Waals surface area contributed by atoms with Gasteiger partial charge in [-0.15, -0.1) is 0 Å². The monoisotopic (exact) mass is 289 g/mol. The van der Waals surface area contributed by atoms with Crippen molar-refractivity contribution >= 4 is 33.4 Å². The number of nitrogens with two attached hydrogens (primary N) is 1. The summed E-state index contributed by atoms with van der Waals surface area (Å²) < 4.78 is 13.8. The summed E-state index contributed by atoms with van der Waals surface area (Å²) in [5, 5.41) is 0.278. The number of hydrogen-bond acceptors (Lipinski definition) is 1. The van der Waals surface area contributed by atoms with Crippen molar-refractivity contribution in [2.75, 3.05) is 0 Å². The first-order valence-electron chi connectivity index (χ1n) is 3.92. The molecule has 1 aromatic carbocycles. The molecule has 0 spiro atoms. The van der Waals surface area contributed by atoms with Gasteiger partial charge in [0.2, 0.25) is 5.91 Å². The molecule has 0 radical (unpaired) electrons. The first-order valence-corrected chi connectivity index (χ1v) is 5.09. The van der Waals surface area contributed by atoms with Crippen LogP contribution in [0, 0.1) is 17.7 Å². The van der Waals surface area contributed by atoms with Gasteiger partial charge in [0.25, 0.3) is 0 Å². The van der Waals surface area contributed by atoms with Crippen LogP contribution in [0.1, 0.15) is 12.0 Å². The van der Waals surface area contributed by atoms with Gasteiger partial charge in [-0.05, 0) is 28.1 Å². The van der Waals surface area contributed by atoms with Crippen molar-refractivity contribution < 1.29 is 9.18 Å². The predicted molar refractivity (Wildman–Crippen MR) is 59.8 cm³/mol. The Morgan fingerprint density at radius 2 is 2.27 bits per heavy atom. The zero-order valence-electron chi connectivity index (χ0n) is 7.48. The van der Waals surface area contributed by atoms with E-state index in [0.717, 1.165) is 6.07 Å². The third kappa shape index (κ3) is 3.54. The standard InChI is InChI=1S/C10H6BrClFNO/c11-8-4-6(12)5-9(13)7(8)2-1-3-10(14)15/h4-5H,3H2,(H2,14,15). The normalized spacial score (nSPS) is 9.27. The van der Waals surface area contributed by atoms with E-state index >= 15 is 0 Å². The Morgan fingerprint density at radius 3 is 2.80 bits per heavy atom. The molecule has 15 heavy (non-hydrogen) atoms. The second-order valence-electron chi connectivity index (χ2n) is 2.69. The van der Waals surface area contributed by atoms with Crippen molar-refractivity contribution in [3.63, 3.8) is 0 Å². The molecule has 1 amide bonds. The van der Waals surface area contributed by atoms with Crippen LogP contribution in [0.15, 0.2) is 16.6 Å². The molecule has 2 nitrogen and oxygen atoms in total. The molecule has 0 fully saturated rings. The minimum absolute atomic E-state index is 0.103. The van der Waals surface area contributed by atoms with Gasteiger partial charge in [0, 0.05) is 9.50 Å². The van der Waals surface area contributed by atoms with Crippen molar-refractivity contribution in [2.24, 2.45) is 5.73 Å². The maximum atomic E-state index is 13.3. The highest BCUT2D eigenvalue weighted by Gasteiger charge is 2.05. The van der Waals surface area contributed by atoms with Crippen LogP contribution in [0.25, 0.3) is 0 Å². The number of hydrogen-bond donors (Lipinski definition) is 1. The zero-order chi connectivity index (χ0) is 11.4. The molecule has 78 valence electrons. The Kier molecular flexibility index (Phi) is 4.13. The molecular weight excluding hydrogens is 284 g/mol. The molecule has 1 rings (SSSR count). The van der Waals surface area contributed by atoms with Gasteiger partial charge in [-0.2, -0.15) is 0 Å². The molecule has 1 aromatic rings. The number of rotatable bonds is 1. The highest BCUT2D eigenvalue weighted by atomic mass is 79.9. The Hall–Kier alpha value is -1.05. The third-order valence-electron chi connectivity index (χ3n) is 1.48.